The molecule has 0 amide bonds. The summed E-state index contributed by atoms with van der Waals surface area (Å²) < 4.78 is 27.1. The van der Waals surface area contributed by atoms with E-state index in [0.29, 0.717) is 5.56 Å². The predicted octanol–water partition coefficient (Wildman–Crippen LogP) is 2.13. The van der Waals surface area contributed by atoms with Crippen LogP contribution in [0.3, 0.4) is 0 Å². The van der Waals surface area contributed by atoms with Crippen molar-refractivity contribution in [2.24, 2.45) is 0 Å². The molecule has 0 aromatic heterocycles. The normalized spacial score (nSPS) is 24.8. The summed E-state index contributed by atoms with van der Waals surface area (Å²) in [4.78, 5) is 0.284. The fourth-order valence-electron chi connectivity index (χ4n) is 2.79. The molecule has 2 unspecified atom stereocenters. The van der Waals surface area contributed by atoms with E-state index in [1.54, 1.807) is 28.6 Å². The average molecular weight is 283 g/mol. The Bertz CT molecular complexity index is 541. The third-order valence-corrected chi connectivity index (χ3v) is 5.90. The summed E-state index contributed by atoms with van der Waals surface area (Å²) in [6.07, 6.45) is 2.68. The molecule has 1 aromatic rings. The number of rotatable bonds is 4. The van der Waals surface area contributed by atoms with E-state index in [1.807, 2.05) is 13.8 Å². The molecule has 2 atom stereocenters. The third-order valence-electron chi connectivity index (χ3n) is 3.84. The molecule has 1 saturated heterocycles. The fourth-order valence-corrected chi connectivity index (χ4v) is 4.81. The SMILES string of the molecule is CCC1CCC(C)N1S(=O)(=O)c1cccc(CO)c1. The van der Waals surface area contributed by atoms with Crippen LogP contribution >= 0.6 is 0 Å². The summed E-state index contributed by atoms with van der Waals surface area (Å²) in [6, 6.07) is 6.72. The first kappa shape index (κ1) is 14.5. The Balaban J connectivity index is 2.40. The topological polar surface area (TPSA) is 57.6 Å². The summed E-state index contributed by atoms with van der Waals surface area (Å²) in [6.45, 7) is 3.84. The second-order valence-electron chi connectivity index (χ2n) is 5.13. The number of aliphatic hydroxyl groups is 1. The van der Waals surface area contributed by atoms with Gasteiger partial charge in [-0.15, -0.1) is 0 Å². The molecule has 5 heteroatoms. The van der Waals surface area contributed by atoms with Crippen molar-refractivity contribution in [3.63, 3.8) is 0 Å². The van der Waals surface area contributed by atoms with Gasteiger partial charge in [0.15, 0.2) is 0 Å². The number of benzene rings is 1. The van der Waals surface area contributed by atoms with E-state index in [2.05, 4.69) is 0 Å². The van der Waals surface area contributed by atoms with Crippen LogP contribution in [0.15, 0.2) is 29.2 Å². The number of hydrogen-bond acceptors (Lipinski definition) is 3. The van der Waals surface area contributed by atoms with Crippen LogP contribution in [0.4, 0.5) is 0 Å². The standard InChI is InChI=1S/C14H21NO3S/c1-3-13-8-7-11(2)15(13)19(17,18)14-6-4-5-12(9-14)10-16/h4-6,9,11,13,16H,3,7-8,10H2,1-2H3. The zero-order valence-electron chi connectivity index (χ0n) is 11.4. The van der Waals surface area contributed by atoms with Crippen LogP contribution in [0, 0.1) is 0 Å². The smallest absolute Gasteiger partial charge is 0.243 e. The lowest BCUT2D eigenvalue weighted by Gasteiger charge is -2.27. The Kier molecular flexibility index (Phi) is 4.28. The molecule has 2 rings (SSSR count). The molecule has 1 aliphatic heterocycles. The molecule has 1 aromatic carbocycles. The Morgan fingerprint density at radius 2 is 2.11 bits per heavy atom. The van der Waals surface area contributed by atoms with E-state index in [-0.39, 0.29) is 23.6 Å². The molecule has 4 nitrogen and oxygen atoms in total. The summed E-state index contributed by atoms with van der Waals surface area (Å²) in [5.74, 6) is 0. The van der Waals surface area contributed by atoms with Gasteiger partial charge in [-0.2, -0.15) is 4.31 Å². The molecule has 1 heterocycles. The molecule has 0 radical (unpaired) electrons. The highest BCUT2D eigenvalue weighted by Crippen LogP contribution is 2.32. The van der Waals surface area contributed by atoms with Crippen LogP contribution < -0.4 is 0 Å². The molecule has 106 valence electrons. The van der Waals surface area contributed by atoms with Crippen molar-refractivity contribution in [2.45, 2.75) is 56.7 Å². The lowest BCUT2D eigenvalue weighted by atomic mass is 10.2. The van der Waals surface area contributed by atoms with Gasteiger partial charge in [0.2, 0.25) is 10.0 Å². The van der Waals surface area contributed by atoms with Crippen LogP contribution in [-0.2, 0) is 16.6 Å². The van der Waals surface area contributed by atoms with E-state index in [4.69, 9.17) is 5.11 Å². The quantitative estimate of drug-likeness (QED) is 0.921. The molecule has 0 aliphatic carbocycles. The van der Waals surface area contributed by atoms with E-state index in [0.717, 1.165) is 19.3 Å². The van der Waals surface area contributed by atoms with Gasteiger partial charge < -0.3 is 5.11 Å². The van der Waals surface area contributed by atoms with Gasteiger partial charge in [0, 0.05) is 12.1 Å². The van der Waals surface area contributed by atoms with E-state index in [1.165, 1.54) is 0 Å². The van der Waals surface area contributed by atoms with Gasteiger partial charge in [-0.25, -0.2) is 8.42 Å². The Labute approximate surface area is 115 Å². The number of aliphatic hydroxyl groups excluding tert-OH is 1. The number of nitrogens with zero attached hydrogens (tertiary/aromatic N) is 1. The zero-order chi connectivity index (χ0) is 14.0. The van der Waals surface area contributed by atoms with Crippen molar-refractivity contribution in [1.29, 1.82) is 0 Å². The molecular weight excluding hydrogens is 262 g/mol. The van der Waals surface area contributed by atoms with Crippen molar-refractivity contribution in [2.75, 3.05) is 0 Å². The second kappa shape index (κ2) is 5.61. The first-order valence-corrected chi connectivity index (χ1v) is 8.18. The first-order valence-electron chi connectivity index (χ1n) is 6.74. The van der Waals surface area contributed by atoms with Gasteiger partial charge in [0.05, 0.1) is 11.5 Å². The largest absolute Gasteiger partial charge is 0.392 e. The van der Waals surface area contributed by atoms with E-state index >= 15 is 0 Å². The van der Waals surface area contributed by atoms with Gasteiger partial charge in [0.1, 0.15) is 0 Å². The highest BCUT2D eigenvalue weighted by molar-refractivity contribution is 7.89. The van der Waals surface area contributed by atoms with Crippen molar-refractivity contribution < 1.29 is 13.5 Å². The second-order valence-corrected chi connectivity index (χ2v) is 6.97. The van der Waals surface area contributed by atoms with Crippen molar-refractivity contribution >= 4 is 10.0 Å². The first-order chi connectivity index (χ1) is 9.00. The minimum Gasteiger partial charge on any atom is -0.392 e. The summed E-state index contributed by atoms with van der Waals surface area (Å²) in [7, 11) is -3.46. The average Bonchev–Trinajstić information content (AvgIpc) is 2.80. The van der Waals surface area contributed by atoms with Gasteiger partial charge in [0.25, 0.3) is 0 Å². The lowest BCUT2D eigenvalue weighted by molar-refractivity contribution is 0.281. The molecule has 0 bridgehead atoms. The van der Waals surface area contributed by atoms with Crippen LogP contribution in [0.25, 0.3) is 0 Å². The van der Waals surface area contributed by atoms with Gasteiger partial charge in [-0.05, 0) is 43.9 Å². The van der Waals surface area contributed by atoms with Crippen LogP contribution in [-0.4, -0.2) is 29.9 Å². The third kappa shape index (κ3) is 2.68. The molecule has 0 saturated carbocycles. The Morgan fingerprint density at radius 1 is 1.37 bits per heavy atom. The summed E-state index contributed by atoms with van der Waals surface area (Å²) in [5, 5.41) is 9.13. The molecule has 19 heavy (non-hydrogen) atoms. The van der Waals surface area contributed by atoms with E-state index in [9.17, 15) is 8.42 Å². The monoisotopic (exact) mass is 283 g/mol. The van der Waals surface area contributed by atoms with Crippen LogP contribution in [0.2, 0.25) is 0 Å². The number of sulfonamides is 1. The van der Waals surface area contributed by atoms with Crippen molar-refractivity contribution in [1.82, 2.24) is 4.31 Å². The summed E-state index contributed by atoms with van der Waals surface area (Å²) in [5.41, 5.74) is 0.626. The van der Waals surface area contributed by atoms with Gasteiger partial charge in [-0.1, -0.05) is 19.1 Å². The molecule has 1 N–H and O–H groups in total. The van der Waals surface area contributed by atoms with Crippen LogP contribution in [0.5, 0.6) is 0 Å². The summed E-state index contributed by atoms with van der Waals surface area (Å²) >= 11 is 0. The van der Waals surface area contributed by atoms with Gasteiger partial charge in [-0.3, -0.25) is 0 Å². The Hall–Kier alpha value is -0.910. The minimum absolute atomic E-state index is 0.0488. The zero-order valence-corrected chi connectivity index (χ0v) is 12.2. The maximum atomic E-state index is 12.7. The highest BCUT2D eigenvalue weighted by Gasteiger charge is 2.39. The molecular formula is C14H21NO3S. The maximum Gasteiger partial charge on any atom is 0.243 e. The number of hydrogen-bond donors (Lipinski definition) is 1. The highest BCUT2D eigenvalue weighted by atomic mass is 32.2. The van der Waals surface area contributed by atoms with E-state index < -0.39 is 10.0 Å². The Morgan fingerprint density at radius 3 is 2.74 bits per heavy atom. The van der Waals surface area contributed by atoms with Crippen LogP contribution in [0.1, 0.15) is 38.7 Å². The molecule has 1 fully saturated rings. The van der Waals surface area contributed by atoms with Gasteiger partial charge >= 0.3 is 0 Å². The van der Waals surface area contributed by atoms with Crippen molar-refractivity contribution in [3.05, 3.63) is 29.8 Å². The molecule has 1 aliphatic rings. The predicted molar refractivity (Wildman–Crippen MR) is 74.2 cm³/mol. The fraction of sp³-hybridized carbons (Fsp3) is 0.571. The molecule has 0 spiro atoms. The lowest BCUT2D eigenvalue weighted by Crippen LogP contribution is -2.39. The maximum absolute atomic E-state index is 12.7. The minimum atomic E-state index is -3.46. The van der Waals surface area contributed by atoms with Crippen molar-refractivity contribution in [3.8, 4) is 0 Å².